The lowest BCUT2D eigenvalue weighted by Crippen LogP contribution is -2.34. The van der Waals surface area contributed by atoms with Gasteiger partial charge in [0.25, 0.3) is 0 Å². The first-order chi connectivity index (χ1) is 10.0. The van der Waals surface area contributed by atoms with Crippen molar-refractivity contribution in [3.05, 3.63) is 0 Å². The zero-order valence-corrected chi connectivity index (χ0v) is 14.5. The van der Waals surface area contributed by atoms with Gasteiger partial charge in [-0.25, -0.2) is 3.63 Å². The van der Waals surface area contributed by atoms with Gasteiger partial charge in [0, 0.05) is 11.7 Å². The molecule has 0 saturated heterocycles. The van der Waals surface area contributed by atoms with E-state index in [1.54, 1.807) is 6.92 Å². The largest absolute Gasteiger partial charge is 0.523 e. The molecular formula is C13H23F3O4S2. The monoisotopic (exact) mass is 364 g/mol. The van der Waals surface area contributed by atoms with Gasteiger partial charge in [0.2, 0.25) is 0 Å². The molecule has 1 aliphatic rings. The molecule has 0 heterocycles. The minimum atomic E-state index is -5.68. The molecule has 0 aromatic heterocycles. The number of carbonyl (C=O) groups excluding carboxylic acids is 1. The molecule has 132 valence electrons. The summed E-state index contributed by atoms with van der Waals surface area (Å²) in [6.07, 6.45) is 6.04. The molecule has 0 N–H and O–H groups in total. The summed E-state index contributed by atoms with van der Waals surface area (Å²) < 4.78 is 65.4. The zero-order valence-electron chi connectivity index (χ0n) is 12.8. The topological polar surface area (TPSA) is 60.4 Å². The second-order valence-electron chi connectivity index (χ2n) is 5.73. The SMILES string of the molecule is CCCC(=O)CS(C)(OS(=O)(=O)C(F)(F)F)C1CCCCC1. The molecule has 0 spiro atoms. The van der Waals surface area contributed by atoms with Crippen LogP contribution in [0.4, 0.5) is 13.2 Å². The number of hydrogen-bond acceptors (Lipinski definition) is 4. The molecule has 22 heavy (non-hydrogen) atoms. The van der Waals surface area contributed by atoms with Crippen LogP contribution in [-0.2, 0) is 18.5 Å². The van der Waals surface area contributed by atoms with Gasteiger partial charge in [-0.05, 0) is 25.5 Å². The maximum absolute atomic E-state index is 12.6. The van der Waals surface area contributed by atoms with Crippen molar-refractivity contribution in [3.8, 4) is 0 Å². The number of halogens is 3. The Hall–Kier alpha value is -0.280. The standard InChI is InChI=1S/C13H23F3O4S2/c1-3-7-11(17)10-21(2,12-8-5-4-6-9-12)20-22(18,19)13(14,15)16/h12H,3-10H2,1-2H3. The molecular weight excluding hydrogens is 341 g/mol. The molecule has 1 rings (SSSR count). The van der Waals surface area contributed by atoms with Gasteiger partial charge in [-0.3, -0.25) is 4.79 Å². The minimum Gasteiger partial charge on any atom is -0.299 e. The van der Waals surface area contributed by atoms with Crippen LogP contribution in [0.25, 0.3) is 0 Å². The molecule has 1 fully saturated rings. The van der Waals surface area contributed by atoms with E-state index in [1.165, 1.54) is 6.26 Å². The normalized spacial score (nSPS) is 22.0. The van der Waals surface area contributed by atoms with E-state index in [-0.39, 0.29) is 23.2 Å². The Labute approximate surface area is 131 Å². The quantitative estimate of drug-likeness (QED) is 0.643. The number of ketones is 1. The maximum atomic E-state index is 12.6. The predicted octanol–water partition coefficient (Wildman–Crippen LogP) is 3.90. The first kappa shape index (κ1) is 19.8. The van der Waals surface area contributed by atoms with Gasteiger partial charge in [-0.15, -0.1) is 10.3 Å². The molecule has 0 bridgehead atoms. The molecule has 0 amide bonds. The molecule has 1 aliphatic carbocycles. The summed E-state index contributed by atoms with van der Waals surface area (Å²) in [4.78, 5) is 11.9. The Balaban J connectivity index is 3.02. The predicted molar refractivity (Wildman–Crippen MR) is 81.2 cm³/mol. The molecule has 0 aliphatic heterocycles. The van der Waals surface area contributed by atoms with Crippen molar-refractivity contribution in [1.82, 2.24) is 0 Å². The molecule has 1 atom stereocenters. The lowest BCUT2D eigenvalue weighted by molar-refractivity contribution is -0.116. The van der Waals surface area contributed by atoms with E-state index in [4.69, 9.17) is 0 Å². The van der Waals surface area contributed by atoms with Crippen LogP contribution >= 0.6 is 10.3 Å². The zero-order chi connectivity index (χ0) is 17.0. The van der Waals surface area contributed by atoms with Gasteiger partial charge in [0.15, 0.2) is 0 Å². The third-order valence-electron chi connectivity index (χ3n) is 3.76. The molecule has 0 radical (unpaired) electrons. The number of rotatable bonds is 7. The average Bonchev–Trinajstić information content (AvgIpc) is 2.37. The van der Waals surface area contributed by atoms with Crippen molar-refractivity contribution >= 4 is 26.2 Å². The van der Waals surface area contributed by atoms with Crippen molar-refractivity contribution in [2.45, 2.75) is 62.6 Å². The Morgan fingerprint density at radius 1 is 1.18 bits per heavy atom. The van der Waals surface area contributed by atoms with Gasteiger partial charge >= 0.3 is 15.6 Å². The lowest BCUT2D eigenvalue weighted by Gasteiger charge is -2.43. The van der Waals surface area contributed by atoms with Crippen molar-refractivity contribution in [3.63, 3.8) is 0 Å². The fourth-order valence-corrected chi connectivity index (χ4v) is 7.61. The third-order valence-corrected chi connectivity index (χ3v) is 9.07. The van der Waals surface area contributed by atoms with Crippen LogP contribution in [0.3, 0.4) is 0 Å². The van der Waals surface area contributed by atoms with E-state index in [0.717, 1.165) is 19.3 Å². The minimum absolute atomic E-state index is 0.221. The third kappa shape index (κ3) is 5.13. The summed E-state index contributed by atoms with van der Waals surface area (Å²) in [6, 6.07) is 0. The van der Waals surface area contributed by atoms with E-state index >= 15 is 0 Å². The van der Waals surface area contributed by atoms with E-state index in [9.17, 15) is 26.4 Å². The van der Waals surface area contributed by atoms with Crippen molar-refractivity contribution in [2.24, 2.45) is 0 Å². The second kappa shape index (κ2) is 7.53. The van der Waals surface area contributed by atoms with Gasteiger partial charge in [-0.2, -0.15) is 21.6 Å². The van der Waals surface area contributed by atoms with Crippen LogP contribution in [0, 0.1) is 0 Å². The maximum Gasteiger partial charge on any atom is 0.523 e. The summed E-state index contributed by atoms with van der Waals surface area (Å²) in [5, 5.41) is -0.279. The Morgan fingerprint density at radius 2 is 1.73 bits per heavy atom. The smallest absolute Gasteiger partial charge is 0.299 e. The highest BCUT2D eigenvalue weighted by Crippen LogP contribution is 2.57. The van der Waals surface area contributed by atoms with Gasteiger partial charge in [0.1, 0.15) is 5.78 Å². The van der Waals surface area contributed by atoms with Crippen LogP contribution in [0.1, 0.15) is 51.9 Å². The summed E-state index contributed by atoms with van der Waals surface area (Å²) in [5.41, 5.74) is -5.45. The van der Waals surface area contributed by atoms with Crippen molar-refractivity contribution < 1.29 is 30.0 Å². The van der Waals surface area contributed by atoms with E-state index in [2.05, 4.69) is 3.63 Å². The highest BCUT2D eigenvalue weighted by atomic mass is 32.3. The highest BCUT2D eigenvalue weighted by Gasteiger charge is 2.51. The molecule has 1 saturated carbocycles. The molecule has 1 unspecified atom stereocenters. The van der Waals surface area contributed by atoms with Crippen LogP contribution in [0.15, 0.2) is 0 Å². The fraction of sp³-hybridized carbons (Fsp3) is 0.923. The van der Waals surface area contributed by atoms with Gasteiger partial charge < -0.3 is 0 Å². The number of hydrogen-bond donors (Lipinski definition) is 0. The lowest BCUT2D eigenvalue weighted by atomic mass is 10.0. The number of Topliss-reactive ketones (excluding diaryl/α,β-unsaturated/α-hetero) is 1. The Morgan fingerprint density at radius 3 is 2.18 bits per heavy atom. The summed E-state index contributed by atoms with van der Waals surface area (Å²) >= 11 is 0. The second-order valence-corrected chi connectivity index (χ2v) is 10.7. The molecule has 0 aromatic rings. The average molecular weight is 364 g/mol. The van der Waals surface area contributed by atoms with Gasteiger partial charge in [0.05, 0.1) is 5.75 Å². The first-order valence-corrected chi connectivity index (χ1v) is 10.9. The Kier molecular flexibility index (Phi) is 6.76. The molecule has 9 heteroatoms. The van der Waals surface area contributed by atoms with Crippen LogP contribution < -0.4 is 0 Å². The fourth-order valence-electron chi connectivity index (χ4n) is 2.68. The van der Waals surface area contributed by atoms with Crippen LogP contribution in [0.2, 0.25) is 0 Å². The van der Waals surface area contributed by atoms with Crippen LogP contribution in [0.5, 0.6) is 0 Å². The van der Waals surface area contributed by atoms with Crippen molar-refractivity contribution in [1.29, 1.82) is 0 Å². The summed E-state index contributed by atoms with van der Waals surface area (Å²) in [5.74, 6) is -0.455. The Bertz CT molecular complexity index is 484. The summed E-state index contributed by atoms with van der Waals surface area (Å²) in [7, 11) is -8.34. The van der Waals surface area contributed by atoms with Crippen LogP contribution in [-0.4, -0.2) is 37.0 Å². The summed E-state index contributed by atoms with van der Waals surface area (Å²) in [6.45, 7) is 1.79. The first-order valence-electron chi connectivity index (χ1n) is 7.31. The molecule has 4 nitrogen and oxygen atoms in total. The van der Waals surface area contributed by atoms with E-state index in [0.29, 0.717) is 19.3 Å². The van der Waals surface area contributed by atoms with Crippen molar-refractivity contribution in [2.75, 3.05) is 12.0 Å². The number of alkyl halides is 3. The highest BCUT2D eigenvalue weighted by molar-refractivity contribution is 8.33. The van der Waals surface area contributed by atoms with E-state index in [1.807, 2.05) is 0 Å². The van der Waals surface area contributed by atoms with Gasteiger partial charge in [-0.1, -0.05) is 26.2 Å². The number of carbonyl (C=O) groups is 1. The van der Waals surface area contributed by atoms with E-state index < -0.39 is 25.9 Å². The molecule has 0 aromatic carbocycles.